The van der Waals surface area contributed by atoms with Gasteiger partial charge in [-0.05, 0) is 29.9 Å². The maximum Gasteiger partial charge on any atom is 0.232 e. The van der Waals surface area contributed by atoms with Crippen LogP contribution < -0.4 is 0 Å². The molecule has 0 aliphatic carbocycles. The molecule has 0 saturated carbocycles. The van der Waals surface area contributed by atoms with Gasteiger partial charge in [0.25, 0.3) is 0 Å². The fraction of sp³-hybridized carbons (Fsp3) is 0.652. The Morgan fingerprint density at radius 1 is 1.04 bits per heavy atom. The van der Waals surface area contributed by atoms with Crippen LogP contribution in [0.25, 0.3) is 0 Å². The zero-order chi connectivity index (χ0) is 19.9. The van der Waals surface area contributed by atoms with Gasteiger partial charge < -0.3 is 9.80 Å². The number of amides is 2. The number of rotatable bonds is 4. The zero-order valence-electron chi connectivity index (χ0n) is 17.5. The molecule has 0 bridgehead atoms. The lowest BCUT2D eigenvalue weighted by atomic mass is 9.79. The SMILES string of the molecule is CC(=O)N1C[C@H]2CN(Cc3ccc(C(C)C)cc3)C[C@@]2(C(=O)N2CCCC2)C1. The molecule has 3 fully saturated rings. The van der Waals surface area contributed by atoms with Gasteiger partial charge in [-0.2, -0.15) is 0 Å². The van der Waals surface area contributed by atoms with E-state index in [0.29, 0.717) is 12.5 Å². The first-order chi connectivity index (χ1) is 13.4. The Balaban J connectivity index is 1.51. The molecule has 2 amide bonds. The van der Waals surface area contributed by atoms with Crippen LogP contribution in [0, 0.1) is 11.3 Å². The second-order valence-electron chi connectivity index (χ2n) is 9.32. The Morgan fingerprint density at radius 3 is 2.32 bits per heavy atom. The van der Waals surface area contributed by atoms with Crippen molar-refractivity contribution in [3.8, 4) is 0 Å². The molecule has 3 aliphatic heterocycles. The molecule has 3 saturated heterocycles. The van der Waals surface area contributed by atoms with Gasteiger partial charge in [0.15, 0.2) is 0 Å². The van der Waals surface area contributed by atoms with Gasteiger partial charge in [-0.1, -0.05) is 38.1 Å². The van der Waals surface area contributed by atoms with E-state index in [0.717, 1.165) is 52.1 Å². The summed E-state index contributed by atoms with van der Waals surface area (Å²) in [6.45, 7) is 11.7. The standard InChI is InChI=1S/C23H33N3O2/c1-17(2)20-8-6-19(7-9-20)12-24-13-21-14-26(18(3)27)16-23(21,15-24)22(28)25-10-4-5-11-25/h6-9,17,21H,4-5,10-16H2,1-3H3/t21-,23-/m1/s1. The minimum absolute atomic E-state index is 0.0961. The van der Waals surface area contributed by atoms with E-state index >= 15 is 0 Å². The Hall–Kier alpha value is -1.88. The van der Waals surface area contributed by atoms with Crippen LogP contribution in [-0.2, 0) is 16.1 Å². The van der Waals surface area contributed by atoms with E-state index in [-0.39, 0.29) is 17.7 Å². The summed E-state index contributed by atoms with van der Waals surface area (Å²) in [7, 11) is 0. The van der Waals surface area contributed by atoms with Crippen molar-refractivity contribution in [1.29, 1.82) is 0 Å². The van der Waals surface area contributed by atoms with Gasteiger partial charge in [-0.25, -0.2) is 0 Å². The lowest BCUT2D eigenvalue weighted by molar-refractivity contribution is -0.141. The summed E-state index contributed by atoms with van der Waals surface area (Å²) >= 11 is 0. The van der Waals surface area contributed by atoms with Crippen molar-refractivity contribution in [3.05, 3.63) is 35.4 Å². The summed E-state index contributed by atoms with van der Waals surface area (Å²) in [5.41, 5.74) is 2.25. The van der Waals surface area contributed by atoms with E-state index in [1.165, 1.54) is 11.1 Å². The third-order valence-corrected chi connectivity index (χ3v) is 7.00. The van der Waals surface area contributed by atoms with E-state index in [1.54, 1.807) is 6.92 Å². The van der Waals surface area contributed by atoms with Gasteiger partial charge >= 0.3 is 0 Å². The lowest BCUT2D eigenvalue weighted by Crippen LogP contribution is -2.49. The smallest absolute Gasteiger partial charge is 0.232 e. The topological polar surface area (TPSA) is 43.9 Å². The number of carbonyl (C=O) groups is 2. The Labute approximate surface area is 168 Å². The molecule has 3 aliphatic rings. The number of fused-ring (bicyclic) bond motifs is 1. The summed E-state index contributed by atoms with van der Waals surface area (Å²) < 4.78 is 0. The highest BCUT2D eigenvalue weighted by molar-refractivity contribution is 5.86. The van der Waals surface area contributed by atoms with E-state index in [9.17, 15) is 9.59 Å². The lowest BCUT2D eigenvalue weighted by Gasteiger charge is -2.32. The molecule has 152 valence electrons. The predicted molar refractivity (Wildman–Crippen MR) is 110 cm³/mol. The summed E-state index contributed by atoms with van der Waals surface area (Å²) in [5, 5.41) is 0. The van der Waals surface area contributed by atoms with Crippen LogP contribution in [0.1, 0.15) is 50.7 Å². The predicted octanol–water partition coefficient (Wildman–Crippen LogP) is 2.71. The Bertz CT molecular complexity index is 739. The van der Waals surface area contributed by atoms with E-state index < -0.39 is 5.41 Å². The molecule has 5 heteroatoms. The van der Waals surface area contributed by atoms with Crippen molar-refractivity contribution < 1.29 is 9.59 Å². The van der Waals surface area contributed by atoms with Crippen LogP contribution in [0.4, 0.5) is 0 Å². The molecule has 0 unspecified atom stereocenters. The molecule has 0 spiro atoms. The van der Waals surface area contributed by atoms with Crippen LogP contribution in [0.3, 0.4) is 0 Å². The molecule has 4 rings (SSSR count). The van der Waals surface area contributed by atoms with Crippen molar-refractivity contribution >= 4 is 11.8 Å². The minimum Gasteiger partial charge on any atom is -0.342 e. The molecule has 1 aromatic carbocycles. The van der Waals surface area contributed by atoms with Crippen LogP contribution >= 0.6 is 0 Å². The van der Waals surface area contributed by atoms with E-state index in [1.807, 2.05) is 4.90 Å². The van der Waals surface area contributed by atoms with Gasteiger partial charge in [0.05, 0.1) is 5.41 Å². The molecular formula is C23H33N3O2. The van der Waals surface area contributed by atoms with Crippen LogP contribution in [0.15, 0.2) is 24.3 Å². The van der Waals surface area contributed by atoms with Gasteiger partial charge in [0.1, 0.15) is 0 Å². The number of nitrogens with zero attached hydrogens (tertiary/aromatic N) is 3. The van der Waals surface area contributed by atoms with Crippen LogP contribution in [-0.4, -0.2) is 65.8 Å². The van der Waals surface area contributed by atoms with E-state index in [2.05, 4.69) is 47.9 Å². The molecule has 5 nitrogen and oxygen atoms in total. The van der Waals surface area contributed by atoms with Gasteiger partial charge in [-0.3, -0.25) is 14.5 Å². The molecule has 2 atom stereocenters. The largest absolute Gasteiger partial charge is 0.342 e. The Morgan fingerprint density at radius 2 is 1.71 bits per heavy atom. The quantitative estimate of drug-likeness (QED) is 0.803. The molecule has 0 aromatic heterocycles. The third-order valence-electron chi connectivity index (χ3n) is 7.00. The molecule has 1 aromatic rings. The summed E-state index contributed by atoms with van der Waals surface area (Å²) in [4.78, 5) is 31.9. The van der Waals surface area contributed by atoms with Gasteiger partial charge in [-0.15, -0.1) is 0 Å². The number of likely N-dealkylation sites (tertiary alicyclic amines) is 3. The van der Waals surface area contributed by atoms with Gasteiger partial charge in [0.2, 0.25) is 11.8 Å². The van der Waals surface area contributed by atoms with Crippen LogP contribution in [0.5, 0.6) is 0 Å². The highest BCUT2D eigenvalue weighted by Crippen LogP contribution is 2.45. The molecule has 3 heterocycles. The van der Waals surface area contributed by atoms with Crippen LogP contribution in [0.2, 0.25) is 0 Å². The van der Waals surface area contributed by atoms with Crippen molar-refractivity contribution in [3.63, 3.8) is 0 Å². The van der Waals surface area contributed by atoms with Crippen molar-refractivity contribution in [2.24, 2.45) is 11.3 Å². The fourth-order valence-corrected chi connectivity index (χ4v) is 5.33. The third kappa shape index (κ3) is 3.45. The van der Waals surface area contributed by atoms with Crippen molar-refractivity contribution in [2.45, 2.75) is 46.1 Å². The normalized spacial score (nSPS) is 27.6. The highest BCUT2D eigenvalue weighted by atomic mass is 16.2. The zero-order valence-corrected chi connectivity index (χ0v) is 17.5. The van der Waals surface area contributed by atoms with Gasteiger partial charge in [0, 0.05) is 58.7 Å². The highest BCUT2D eigenvalue weighted by Gasteiger charge is 2.58. The number of hydrogen-bond acceptors (Lipinski definition) is 3. The van der Waals surface area contributed by atoms with E-state index in [4.69, 9.17) is 0 Å². The second kappa shape index (κ2) is 7.51. The first-order valence-corrected chi connectivity index (χ1v) is 10.7. The molecule has 0 N–H and O–H groups in total. The maximum absolute atomic E-state index is 13.5. The number of benzene rings is 1. The van der Waals surface area contributed by atoms with Crippen molar-refractivity contribution in [2.75, 3.05) is 39.3 Å². The first-order valence-electron chi connectivity index (χ1n) is 10.7. The number of carbonyl (C=O) groups excluding carboxylic acids is 2. The fourth-order valence-electron chi connectivity index (χ4n) is 5.33. The minimum atomic E-state index is -0.409. The molecule has 0 radical (unpaired) electrons. The monoisotopic (exact) mass is 383 g/mol. The van der Waals surface area contributed by atoms with Crippen molar-refractivity contribution in [1.82, 2.24) is 14.7 Å². The second-order valence-corrected chi connectivity index (χ2v) is 9.32. The Kier molecular flexibility index (Phi) is 5.21. The molecular weight excluding hydrogens is 350 g/mol. The maximum atomic E-state index is 13.5. The first kappa shape index (κ1) is 19.4. The average molecular weight is 384 g/mol. The number of hydrogen-bond donors (Lipinski definition) is 0. The molecule has 28 heavy (non-hydrogen) atoms. The summed E-state index contributed by atoms with van der Waals surface area (Å²) in [6.07, 6.45) is 2.21. The summed E-state index contributed by atoms with van der Waals surface area (Å²) in [5.74, 6) is 1.17. The summed E-state index contributed by atoms with van der Waals surface area (Å²) in [6, 6.07) is 8.89. The average Bonchev–Trinajstić information content (AvgIpc) is 3.36.